The average molecular weight is 555 g/mol. The summed E-state index contributed by atoms with van der Waals surface area (Å²) < 4.78 is 19.8. The van der Waals surface area contributed by atoms with Crippen molar-refractivity contribution in [2.75, 3.05) is 50.9 Å². The van der Waals surface area contributed by atoms with Gasteiger partial charge in [-0.3, -0.25) is 4.79 Å². The van der Waals surface area contributed by atoms with Crippen molar-refractivity contribution >= 4 is 39.6 Å². The standard InChI is InChI=1S/C21H30N4O4.C3H5BrO2/c1-5-6-7-10-23-20-17(14(2)24-21(22)25-20)11-15-8-9-16(12-18(15)27-3)29-13-19(26)28-4;1-6-3(5)2-4/h8-9,12H,5-7,10-11,13H2,1-4H3,(H3,22,23,24,25);2H2,1H3. The quantitative estimate of drug-likeness (QED) is 0.227. The van der Waals surface area contributed by atoms with Gasteiger partial charge in [-0.05, 0) is 25.0 Å². The molecule has 1 aromatic carbocycles. The molecule has 0 radical (unpaired) electrons. The van der Waals surface area contributed by atoms with Gasteiger partial charge in [0.15, 0.2) is 6.61 Å². The van der Waals surface area contributed by atoms with Gasteiger partial charge in [-0.2, -0.15) is 4.98 Å². The number of esters is 2. The number of unbranched alkanes of at least 4 members (excludes halogenated alkanes) is 2. The zero-order valence-corrected chi connectivity index (χ0v) is 22.6. The van der Waals surface area contributed by atoms with Gasteiger partial charge >= 0.3 is 11.9 Å². The van der Waals surface area contributed by atoms with E-state index in [1.807, 2.05) is 13.0 Å². The van der Waals surface area contributed by atoms with E-state index in [0.717, 1.165) is 48.4 Å². The van der Waals surface area contributed by atoms with Crippen LogP contribution in [-0.4, -0.2) is 61.7 Å². The normalized spacial score (nSPS) is 10.0. The van der Waals surface area contributed by atoms with E-state index in [4.69, 9.17) is 15.2 Å². The molecule has 10 nitrogen and oxygen atoms in total. The van der Waals surface area contributed by atoms with E-state index >= 15 is 0 Å². The summed E-state index contributed by atoms with van der Waals surface area (Å²) in [6.07, 6.45) is 3.95. The van der Waals surface area contributed by atoms with Crippen LogP contribution in [-0.2, 0) is 25.5 Å². The molecule has 0 aliphatic carbocycles. The predicted octanol–water partition coefficient (Wildman–Crippen LogP) is 3.67. The monoisotopic (exact) mass is 554 g/mol. The van der Waals surface area contributed by atoms with Crippen LogP contribution >= 0.6 is 15.9 Å². The zero-order chi connectivity index (χ0) is 26.2. The Morgan fingerprint density at radius 2 is 1.80 bits per heavy atom. The molecule has 0 aliphatic heterocycles. The first-order valence-corrected chi connectivity index (χ1v) is 12.3. The van der Waals surface area contributed by atoms with Gasteiger partial charge in [0.25, 0.3) is 0 Å². The fourth-order valence-corrected chi connectivity index (χ4v) is 3.19. The highest BCUT2D eigenvalue weighted by atomic mass is 79.9. The number of carbonyl (C=O) groups is 2. The van der Waals surface area contributed by atoms with Crippen LogP contribution in [0.3, 0.4) is 0 Å². The van der Waals surface area contributed by atoms with Gasteiger partial charge < -0.3 is 30.0 Å². The predicted molar refractivity (Wildman–Crippen MR) is 138 cm³/mol. The van der Waals surface area contributed by atoms with E-state index in [1.54, 1.807) is 19.2 Å². The van der Waals surface area contributed by atoms with Crippen LogP contribution in [0.5, 0.6) is 11.5 Å². The maximum atomic E-state index is 11.3. The highest BCUT2D eigenvalue weighted by molar-refractivity contribution is 9.09. The van der Waals surface area contributed by atoms with E-state index in [2.05, 4.69) is 47.6 Å². The fraction of sp³-hybridized carbons (Fsp3) is 0.500. The molecule has 0 saturated carbocycles. The van der Waals surface area contributed by atoms with Gasteiger partial charge in [0.1, 0.15) is 22.6 Å². The van der Waals surface area contributed by atoms with Gasteiger partial charge in [0.05, 0.1) is 21.3 Å². The molecule has 0 fully saturated rings. The SMILES string of the molecule is CCCCCNc1nc(N)nc(C)c1Cc1ccc(OCC(=O)OC)cc1OC.COC(=O)CBr. The van der Waals surface area contributed by atoms with Crippen LogP contribution in [0.15, 0.2) is 18.2 Å². The van der Waals surface area contributed by atoms with Crippen LogP contribution in [0.1, 0.15) is 43.0 Å². The molecule has 35 heavy (non-hydrogen) atoms. The van der Waals surface area contributed by atoms with Crippen molar-refractivity contribution in [3.63, 3.8) is 0 Å². The molecule has 0 saturated heterocycles. The number of rotatable bonds is 12. The lowest BCUT2D eigenvalue weighted by Gasteiger charge is -2.16. The Hall–Kier alpha value is -3.08. The second-order valence-electron chi connectivity index (χ2n) is 7.35. The topological polar surface area (TPSA) is 135 Å². The van der Waals surface area contributed by atoms with Crippen molar-refractivity contribution in [2.45, 2.75) is 39.5 Å². The maximum absolute atomic E-state index is 11.3. The summed E-state index contributed by atoms with van der Waals surface area (Å²) >= 11 is 2.90. The van der Waals surface area contributed by atoms with E-state index in [9.17, 15) is 9.59 Å². The number of nitrogen functional groups attached to an aromatic ring is 1. The molecule has 3 N–H and O–H groups in total. The van der Waals surface area contributed by atoms with Crippen molar-refractivity contribution in [2.24, 2.45) is 0 Å². The minimum atomic E-state index is -0.443. The van der Waals surface area contributed by atoms with Crippen LogP contribution in [0.2, 0.25) is 0 Å². The summed E-state index contributed by atoms with van der Waals surface area (Å²) in [6, 6.07) is 5.45. The lowest BCUT2D eigenvalue weighted by atomic mass is 10.0. The third kappa shape index (κ3) is 10.8. The largest absolute Gasteiger partial charge is 0.496 e. The smallest absolute Gasteiger partial charge is 0.343 e. The molecule has 11 heteroatoms. The molecule has 1 heterocycles. The summed E-state index contributed by atoms with van der Waals surface area (Å²) in [7, 11) is 4.27. The number of ether oxygens (including phenoxy) is 4. The lowest BCUT2D eigenvalue weighted by molar-refractivity contribution is -0.143. The van der Waals surface area contributed by atoms with Crippen molar-refractivity contribution in [1.29, 1.82) is 0 Å². The van der Waals surface area contributed by atoms with Crippen molar-refractivity contribution in [3.05, 3.63) is 35.0 Å². The van der Waals surface area contributed by atoms with E-state index in [-0.39, 0.29) is 23.9 Å². The van der Waals surface area contributed by atoms with Crippen LogP contribution in [0.25, 0.3) is 0 Å². The van der Waals surface area contributed by atoms with Crippen molar-refractivity contribution in [3.8, 4) is 11.5 Å². The first-order valence-electron chi connectivity index (χ1n) is 11.2. The number of benzene rings is 1. The number of nitrogens with one attached hydrogen (secondary N) is 1. The van der Waals surface area contributed by atoms with Crippen molar-refractivity contribution < 1.29 is 28.5 Å². The molecule has 2 aromatic rings. The number of halogens is 1. The van der Waals surface area contributed by atoms with Crippen molar-refractivity contribution in [1.82, 2.24) is 9.97 Å². The molecule has 194 valence electrons. The highest BCUT2D eigenvalue weighted by Crippen LogP contribution is 2.29. The number of alkyl halides is 1. The zero-order valence-electron chi connectivity index (χ0n) is 21.0. The van der Waals surface area contributed by atoms with Gasteiger partial charge in [0.2, 0.25) is 5.95 Å². The van der Waals surface area contributed by atoms with Crippen LogP contribution in [0.4, 0.5) is 11.8 Å². The fourth-order valence-electron chi connectivity index (χ4n) is 2.96. The molecule has 2 rings (SSSR count). The third-order valence-corrected chi connectivity index (χ3v) is 5.31. The molecule has 0 spiro atoms. The molecular formula is C24H35BrN4O6. The van der Waals surface area contributed by atoms with Crippen LogP contribution in [0, 0.1) is 6.92 Å². The Kier molecular flexibility index (Phi) is 14.1. The van der Waals surface area contributed by atoms with E-state index < -0.39 is 5.97 Å². The Bertz CT molecular complexity index is 952. The number of nitrogens with two attached hydrogens (primary N) is 1. The average Bonchev–Trinajstić information content (AvgIpc) is 2.87. The molecule has 0 unspecified atom stereocenters. The van der Waals surface area contributed by atoms with Gasteiger partial charge in [-0.1, -0.05) is 41.8 Å². The third-order valence-electron chi connectivity index (χ3n) is 4.85. The Balaban J connectivity index is 0.000000905. The lowest BCUT2D eigenvalue weighted by Crippen LogP contribution is -2.13. The first kappa shape index (κ1) is 30.0. The summed E-state index contributed by atoms with van der Waals surface area (Å²) in [5, 5.41) is 3.67. The molecule has 0 bridgehead atoms. The minimum absolute atomic E-state index is 0.157. The summed E-state index contributed by atoms with van der Waals surface area (Å²) in [5.41, 5.74) is 8.60. The molecule has 0 amide bonds. The number of methoxy groups -OCH3 is 3. The summed E-state index contributed by atoms with van der Waals surface area (Å²) in [4.78, 5) is 29.9. The highest BCUT2D eigenvalue weighted by Gasteiger charge is 2.15. The molecule has 1 aromatic heterocycles. The molecule has 0 aliphatic rings. The van der Waals surface area contributed by atoms with Gasteiger partial charge in [-0.15, -0.1) is 0 Å². The number of hydrogen-bond acceptors (Lipinski definition) is 10. The van der Waals surface area contributed by atoms with E-state index in [0.29, 0.717) is 17.9 Å². The maximum Gasteiger partial charge on any atom is 0.343 e. The van der Waals surface area contributed by atoms with Gasteiger partial charge in [-0.25, -0.2) is 9.78 Å². The number of nitrogens with zero attached hydrogens (tertiary/aromatic N) is 2. The Labute approximate surface area is 215 Å². The van der Waals surface area contributed by atoms with Gasteiger partial charge in [0, 0.05) is 30.3 Å². The second-order valence-corrected chi connectivity index (χ2v) is 7.91. The number of anilines is 2. The Morgan fingerprint density at radius 3 is 2.37 bits per heavy atom. The summed E-state index contributed by atoms with van der Waals surface area (Å²) in [5.74, 6) is 1.50. The van der Waals surface area contributed by atoms with Crippen LogP contribution < -0.4 is 20.5 Å². The second kappa shape index (κ2) is 16.5. The minimum Gasteiger partial charge on any atom is -0.496 e. The molecular weight excluding hydrogens is 520 g/mol. The number of carbonyl (C=O) groups excluding carboxylic acids is 2. The van der Waals surface area contributed by atoms with E-state index in [1.165, 1.54) is 14.2 Å². The Morgan fingerprint density at radius 1 is 1.09 bits per heavy atom. The first-order chi connectivity index (χ1) is 16.8. The number of aromatic nitrogens is 2. The number of hydrogen-bond donors (Lipinski definition) is 2. The number of aryl methyl sites for hydroxylation is 1. The molecule has 0 atom stereocenters. The summed E-state index contributed by atoms with van der Waals surface area (Å²) in [6.45, 7) is 4.76.